The number of carboxylic acids is 1. The van der Waals surface area contributed by atoms with Crippen LogP contribution < -0.4 is 0 Å². The van der Waals surface area contributed by atoms with Crippen LogP contribution in [0.1, 0.15) is 26.2 Å². The number of carbonyl (C=O) groups is 1. The van der Waals surface area contributed by atoms with Crippen LogP contribution in [0.4, 0.5) is 0 Å². The van der Waals surface area contributed by atoms with Gasteiger partial charge in [0, 0.05) is 18.1 Å². The highest BCUT2D eigenvalue weighted by Gasteiger charge is 2.50. The van der Waals surface area contributed by atoms with Crippen molar-refractivity contribution in [1.29, 1.82) is 0 Å². The monoisotopic (exact) mass is 195 g/mol. The summed E-state index contributed by atoms with van der Waals surface area (Å²) in [7, 11) is 0. The number of fused-ring (bicyclic) bond motifs is 2. The van der Waals surface area contributed by atoms with Gasteiger partial charge in [-0.1, -0.05) is 6.08 Å². The van der Waals surface area contributed by atoms with Crippen molar-refractivity contribution < 1.29 is 9.90 Å². The first-order valence-corrected chi connectivity index (χ1v) is 5.28. The maximum atomic E-state index is 11.0. The fourth-order valence-electron chi connectivity index (χ4n) is 3.05. The van der Waals surface area contributed by atoms with Crippen molar-refractivity contribution in [2.75, 3.05) is 0 Å². The second-order valence-corrected chi connectivity index (χ2v) is 4.40. The Labute approximate surface area is 84.4 Å². The van der Waals surface area contributed by atoms with Gasteiger partial charge in [0.05, 0.1) is 5.92 Å². The lowest BCUT2D eigenvalue weighted by Gasteiger charge is -2.27. The van der Waals surface area contributed by atoms with Gasteiger partial charge in [-0.25, -0.2) is 0 Å². The first-order valence-electron chi connectivity index (χ1n) is 5.28. The van der Waals surface area contributed by atoms with Crippen molar-refractivity contribution in [1.82, 2.24) is 4.90 Å². The molecule has 3 heteroatoms. The molecule has 0 saturated carbocycles. The lowest BCUT2D eigenvalue weighted by Crippen LogP contribution is -2.38. The van der Waals surface area contributed by atoms with Crippen LogP contribution in [0.5, 0.6) is 0 Å². The molecule has 2 heterocycles. The molecule has 3 nitrogen and oxygen atoms in total. The molecular formula is C11H17NO2. The summed E-state index contributed by atoms with van der Waals surface area (Å²) in [6.45, 7) is 5.88. The molecule has 0 aromatic carbocycles. The smallest absolute Gasteiger partial charge is 0.308 e. The molecule has 1 N–H and O–H groups in total. The maximum absolute atomic E-state index is 11.0. The third-order valence-electron chi connectivity index (χ3n) is 3.72. The predicted molar refractivity (Wildman–Crippen MR) is 54.1 cm³/mol. The molecule has 4 atom stereocenters. The van der Waals surface area contributed by atoms with Crippen molar-refractivity contribution in [3.05, 3.63) is 12.7 Å². The Hall–Kier alpha value is -0.830. The predicted octanol–water partition coefficient (Wildman–Crippen LogP) is 1.50. The number of hydrogen-bond donors (Lipinski definition) is 1. The van der Waals surface area contributed by atoms with Crippen molar-refractivity contribution >= 4 is 5.97 Å². The fraction of sp³-hybridized carbons (Fsp3) is 0.727. The van der Waals surface area contributed by atoms with Crippen LogP contribution in [0, 0.1) is 5.92 Å². The first-order chi connectivity index (χ1) is 6.65. The molecular weight excluding hydrogens is 178 g/mol. The van der Waals surface area contributed by atoms with Crippen LogP contribution in [0.15, 0.2) is 12.7 Å². The van der Waals surface area contributed by atoms with Crippen LogP contribution >= 0.6 is 0 Å². The SMILES string of the molecule is C=CC(C)N1C2CCC1C(C(=O)O)C2. The average molecular weight is 195 g/mol. The van der Waals surface area contributed by atoms with E-state index < -0.39 is 5.97 Å². The standard InChI is InChI=1S/C11H17NO2/c1-3-7(2)12-8-4-5-10(12)9(6-8)11(13)14/h3,7-10H,1,4-6H2,2H3,(H,13,14). The van der Waals surface area contributed by atoms with Crippen LogP contribution in [0.3, 0.4) is 0 Å². The first kappa shape index (κ1) is 9.71. The molecule has 2 fully saturated rings. The lowest BCUT2D eigenvalue weighted by atomic mass is 9.89. The minimum absolute atomic E-state index is 0.142. The molecule has 0 amide bonds. The Morgan fingerprint density at radius 1 is 1.64 bits per heavy atom. The Kier molecular flexibility index (Phi) is 2.35. The van der Waals surface area contributed by atoms with Crippen molar-refractivity contribution in [3.8, 4) is 0 Å². The van der Waals surface area contributed by atoms with Crippen LogP contribution in [0.25, 0.3) is 0 Å². The molecule has 2 aliphatic rings. The highest BCUT2D eigenvalue weighted by atomic mass is 16.4. The van der Waals surface area contributed by atoms with Gasteiger partial charge in [-0.15, -0.1) is 6.58 Å². The van der Waals surface area contributed by atoms with Gasteiger partial charge >= 0.3 is 5.97 Å². The van der Waals surface area contributed by atoms with Crippen molar-refractivity contribution in [3.63, 3.8) is 0 Å². The number of aliphatic carboxylic acids is 1. The summed E-state index contributed by atoms with van der Waals surface area (Å²) in [4.78, 5) is 13.3. The summed E-state index contributed by atoms with van der Waals surface area (Å²) in [5, 5.41) is 9.06. The molecule has 0 aliphatic carbocycles. The lowest BCUT2D eigenvalue weighted by molar-refractivity contribution is -0.142. The van der Waals surface area contributed by atoms with E-state index in [1.165, 1.54) is 0 Å². The van der Waals surface area contributed by atoms with E-state index >= 15 is 0 Å². The van der Waals surface area contributed by atoms with E-state index in [2.05, 4.69) is 18.4 Å². The number of hydrogen-bond acceptors (Lipinski definition) is 2. The molecule has 0 radical (unpaired) electrons. The largest absolute Gasteiger partial charge is 0.481 e. The summed E-state index contributed by atoms with van der Waals surface area (Å²) in [5.41, 5.74) is 0. The number of rotatable bonds is 3. The summed E-state index contributed by atoms with van der Waals surface area (Å²) >= 11 is 0. The molecule has 4 unspecified atom stereocenters. The molecule has 2 saturated heterocycles. The molecule has 2 aliphatic heterocycles. The zero-order valence-electron chi connectivity index (χ0n) is 8.52. The minimum atomic E-state index is -0.626. The van der Waals surface area contributed by atoms with E-state index in [9.17, 15) is 4.79 Å². The second kappa shape index (κ2) is 3.39. The van der Waals surface area contributed by atoms with Gasteiger partial charge in [-0.05, 0) is 26.2 Å². The zero-order chi connectivity index (χ0) is 10.3. The Morgan fingerprint density at radius 3 is 2.86 bits per heavy atom. The third kappa shape index (κ3) is 1.27. The highest BCUT2D eigenvalue weighted by Crippen LogP contribution is 2.43. The van der Waals surface area contributed by atoms with Crippen LogP contribution in [-0.4, -0.2) is 34.1 Å². The van der Waals surface area contributed by atoms with E-state index in [1.807, 2.05) is 6.08 Å². The van der Waals surface area contributed by atoms with Gasteiger partial charge in [0.15, 0.2) is 0 Å². The zero-order valence-corrected chi connectivity index (χ0v) is 8.52. The normalized spacial score (nSPS) is 38.5. The van der Waals surface area contributed by atoms with Gasteiger partial charge in [0.1, 0.15) is 0 Å². The Balaban J connectivity index is 2.15. The van der Waals surface area contributed by atoms with E-state index in [1.54, 1.807) is 0 Å². The topological polar surface area (TPSA) is 40.5 Å². The van der Waals surface area contributed by atoms with Gasteiger partial charge in [0.25, 0.3) is 0 Å². The van der Waals surface area contributed by atoms with E-state index in [0.717, 1.165) is 19.3 Å². The Morgan fingerprint density at radius 2 is 2.36 bits per heavy atom. The van der Waals surface area contributed by atoms with E-state index in [0.29, 0.717) is 12.1 Å². The van der Waals surface area contributed by atoms with Crippen molar-refractivity contribution in [2.24, 2.45) is 5.92 Å². The van der Waals surface area contributed by atoms with Gasteiger partial charge in [-0.3, -0.25) is 9.69 Å². The van der Waals surface area contributed by atoms with Crippen LogP contribution in [0.2, 0.25) is 0 Å². The fourth-order valence-corrected chi connectivity index (χ4v) is 3.05. The van der Waals surface area contributed by atoms with Gasteiger partial charge < -0.3 is 5.11 Å². The molecule has 0 spiro atoms. The average Bonchev–Trinajstić information content (AvgIpc) is 2.73. The summed E-state index contributed by atoms with van der Waals surface area (Å²) < 4.78 is 0. The third-order valence-corrected chi connectivity index (χ3v) is 3.72. The number of carboxylic acid groups (broad SMARTS) is 1. The summed E-state index contributed by atoms with van der Waals surface area (Å²) in [6.07, 6.45) is 4.94. The molecule has 78 valence electrons. The maximum Gasteiger partial charge on any atom is 0.308 e. The molecule has 2 rings (SSSR count). The summed E-state index contributed by atoms with van der Waals surface area (Å²) in [5.74, 6) is -0.769. The second-order valence-electron chi connectivity index (χ2n) is 4.40. The minimum Gasteiger partial charge on any atom is -0.481 e. The van der Waals surface area contributed by atoms with Gasteiger partial charge in [0.2, 0.25) is 0 Å². The molecule has 0 aromatic heterocycles. The van der Waals surface area contributed by atoms with E-state index in [4.69, 9.17) is 5.11 Å². The Bertz CT molecular complexity index is 264. The molecule has 2 bridgehead atoms. The molecule has 14 heavy (non-hydrogen) atoms. The van der Waals surface area contributed by atoms with Crippen LogP contribution in [-0.2, 0) is 4.79 Å². The van der Waals surface area contributed by atoms with Gasteiger partial charge in [-0.2, -0.15) is 0 Å². The van der Waals surface area contributed by atoms with Crippen molar-refractivity contribution in [2.45, 2.75) is 44.3 Å². The number of nitrogens with zero attached hydrogens (tertiary/aromatic N) is 1. The summed E-state index contributed by atoms with van der Waals surface area (Å²) in [6, 6.07) is 1.05. The quantitative estimate of drug-likeness (QED) is 0.694. The highest BCUT2D eigenvalue weighted by molar-refractivity contribution is 5.71. The van der Waals surface area contributed by atoms with E-state index in [-0.39, 0.29) is 12.0 Å². The molecule has 0 aromatic rings.